The molecule has 0 spiro atoms. The highest BCUT2D eigenvalue weighted by Crippen LogP contribution is 2.25. The summed E-state index contributed by atoms with van der Waals surface area (Å²) in [6, 6.07) is 3.68. The number of allylic oxidation sites excluding steroid dienone is 1. The van der Waals surface area contributed by atoms with Crippen molar-refractivity contribution in [3.8, 4) is 11.8 Å². The van der Waals surface area contributed by atoms with Crippen LogP contribution in [0.15, 0.2) is 37.0 Å². The minimum atomic E-state index is 0.423. The molecular formula is C20H26N6O2. The highest BCUT2D eigenvalue weighted by Gasteiger charge is 2.14. The summed E-state index contributed by atoms with van der Waals surface area (Å²) in [7, 11) is 0. The molecule has 3 rings (SSSR count). The summed E-state index contributed by atoms with van der Waals surface area (Å²) in [6.45, 7) is 7.55. The average molecular weight is 382 g/mol. The summed E-state index contributed by atoms with van der Waals surface area (Å²) in [5.74, 6) is 1.43. The van der Waals surface area contributed by atoms with Gasteiger partial charge in [-0.25, -0.2) is 9.97 Å². The van der Waals surface area contributed by atoms with E-state index in [1.54, 1.807) is 24.9 Å². The Balaban J connectivity index is 1.92. The standard InChI is InChI=1S/C20H26N6O2/c1-4-7-11-26-14-22-17-18(26)24-20(25-19(17)28-12-8-5-2)23-15-9-10-16(21-13-15)27-6-3/h8-10,12-14H,4-7,11H2,1-3H3,(H,23,24,25)/b12-8+. The normalized spacial score (nSPS) is 11.2. The van der Waals surface area contributed by atoms with Crippen molar-refractivity contribution in [2.75, 3.05) is 11.9 Å². The van der Waals surface area contributed by atoms with Crippen molar-refractivity contribution in [1.82, 2.24) is 24.5 Å². The number of nitrogens with zero attached hydrogens (tertiary/aromatic N) is 5. The van der Waals surface area contributed by atoms with Crippen LogP contribution in [0, 0.1) is 0 Å². The predicted octanol–water partition coefficient (Wildman–Crippen LogP) is 4.47. The minimum Gasteiger partial charge on any atom is -0.478 e. The molecule has 0 bridgehead atoms. The Morgan fingerprint density at radius 2 is 2.04 bits per heavy atom. The van der Waals surface area contributed by atoms with E-state index in [2.05, 4.69) is 32.2 Å². The fraction of sp³-hybridized carbons (Fsp3) is 0.400. The van der Waals surface area contributed by atoms with E-state index in [4.69, 9.17) is 9.47 Å². The molecule has 28 heavy (non-hydrogen) atoms. The van der Waals surface area contributed by atoms with Gasteiger partial charge in [-0.3, -0.25) is 0 Å². The van der Waals surface area contributed by atoms with Gasteiger partial charge in [-0.15, -0.1) is 0 Å². The maximum Gasteiger partial charge on any atom is 0.252 e. The molecule has 0 saturated carbocycles. The highest BCUT2D eigenvalue weighted by atomic mass is 16.5. The summed E-state index contributed by atoms with van der Waals surface area (Å²) in [4.78, 5) is 17.8. The van der Waals surface area contributed by atoms with Gasteiger partial charge in [-0.2, -0.15) is 9.97 Å². The monoisotopic (exact) mass is 382 g/mol. The van der Waals surface area contributed by atoms with E-state index < -0.39 is 0 Å². The fourth-order valence-corrected chi connectivity index (χ4v) is 2.57. The van der Waals surface area contributed by atoms with Crippen LogP contribution in [0.2, 0.25) is 0 Å². The van der Waals surface area contributed by atoms with Crippen molar-refractivity contribution >= 4 is 22.8 Å². The second-order valence-corrected chi connectivity index (χ2v) is 6.16. The number of hydrogen-bond acceptors (Lipinski definition) is 7. The molecular weight excluding hydrogens is 356 g/mol. The van der Waals surface area contributed by atoms with Crippen LogP contribution in [0.5, 0.6) is 11.8 Å². The number of hydrogen-bond donors (Lipinski definition) is 1. The van der Waals surface area contributed by atoms with Crippen LogP contribution in [0.3, 0.4) is 0 Å². The van der Waals surface area contributed by atoms with Crippen LogP contribution in [-0.2, 0) is 6.54 Å². The first-order valence-electron chi connectivity index (χ1n) is 9.65. The largest absolute Gasteiger partial charge is 0.478 e. The molecule has 0 atom stereocenters. The summed E-state index contributed by atoms with van der Waals surface area (Å²) in [6.07, 6.45) is 10.0. The van der Waals surface area contributed by atoms with Crippen LogP contribution in [0.25, 0.3) is 11.2 Å². The number of ether oxygens (including phenoxy) is 2. The Hall–Kier alpha value is -3.16. The number of aryl methyl sites for hydroxylation is 1. The molecule has 148 valence electrons. The number of nitrogens with one attached hydrogen (secondary N) is 1. The zero-order valence-corrected chi connectivity index (χ0v) is 16.6. The van der Waals surface area contributed by atoms with E-state index in [0.29, 0.717) is 29.8 Å². The topological polar surface area (TPSA) is 87.0 Å². The van der Waals surface area contributed by atoms with Crippen LogP contribution < -0.4 is 14.8 Å². The second kappa shape index (κ2) is 9.68. The van der Waals surface area contributed by atoms with E-state index >= 15 is 0 Å². The molecule has 0 radical (unpaired) electrons. The lowest BCUT2D eigenvalue weighted by Gasteiger charge is -2.09. The number of aromatic nitrogens is 5. The van der Waals surface area contributed by atoms with Gasteiger partial charge in [0, 0.05) is 12.6 Å². The van der Waals surface area contributed by atoms with Crippen LogP contribution in [0.4, 0.5) is 11.6 Å². The minimum absolute atomic E-state index is 0.423. The smallest absolute Gasteiger partial charge is 0.252 e. The lowest BCUT2D eigenvalue weighted by molar-refractivity contribution is 0.327. The van der Waals surface area contributed by atoms with Gasteiger partial charge in [-0.1, -0.05) is 20.3 Å². The molecule has 0 amide bonds. The van der Waals surface area contributed by atoms with Crippen molar-refractivity contribution in [1.29, 1.82) is 0 Å². The maximum atomic E-state index is 5.72. The molecule has 0 aliphatic carbocycles. The molecule has 8 nitrogen and oxygen atoms in total. The van der Waals surface area contributed by atoms with Crippen molar-refractivity contribution in [3.63, 3.8) is 0 Å². The molecule has 0 fully saturated rings. The van der Waals surface area contributed by atoms with Crippen molar-refractivity contribution in [3.05, 3.63) is 37.0 Å². The molecule has 3 aromatic heterocycles. The molecule has 3 aromatic rings. The van der Waals surface area contributed by atoms with Gasteiger partial charge in [-0.05, 0) is 31.9 Å². The van der Waals surface area contributed by atoms with Crippen LogP contribution in [-0.4, -0.2) is 31.1 Å². The van der Waals surface area contributed by atoms with Crippen molar-refractivity contribution < 1.29 is 9.47 Å². The number of unbranched alkanes of at least 4 members (excludes halogenated alkanes) is 1. The maximum absolute atomic E-state index is 5.72. The lowest BCUT2D eigenvalue weighted by Crippen LogP contribution is -2.03. The van der Waals surface area contributed by atoms with E-state index in [-0.39, 0.29) is 0 Å². The molecule has 0 unspecified atom stereocenters. The Morgan fingerprint density at radius 1 is 1.14 bits per heavy atom. The zero-order chi connectivity index (χ0) is 19.8. The third kappa shape index (κ3) is 4.76. The SMILES string of the molecule is CC/C=C/Oc1nc(Nc2ccc(OCC)nc2)nc2c1ncn2CCCC. The van der Waals surface area contributed by atoms with E-state index in [1.807, 2.05) is 30.6 Å². The fourth-order valence-electron chi connectivity index (χ4n) is 2.57. The molecule has 1 N–H and O–H groups in total. The number of anilines is 2. The molecule has 8 heteroatoms. The lowest BCUT2D eigenvalue weighted by atomic mass is 10.3. The van der Waals surface area contributed by atoms with Crippen LogP contribution >= 0.6 is 0 Å². The average Bonchev–Trinajstić information content (AvgIpc) is 3.11. The summed E-state index contributed by atoms with van der Waals surface area (Å²) >= 11 is 0. The molecule has 0 aliphatic rings. The Kier molecular flexibility index (Phi) is 6.78. The third-order valence-electron chi connectivity index (χ3n) is 3.98. The quantitative estimate of drug-likeness (QED) is 0.518. The van der Waals surface area contributed by atoms with Gasteiger partial charge in [0.05, 0.1) is 31.1 Å². The van der Waals surface area contributed by atoms with E-state index in [9.17, 15) is 0 Å². The zero-order valence-electron chi connectivity index (χ0n) is 16.6. The first-order valence-corrected chi connectivity index (χ1v) is 9.65. The van der Waals surface area contributed by atoms with Gasteiger partial charge in [0.2, 0.25) is 11.8 Å². The Bertz CT molecular complexity index is 920. The van der Waals surface area contributed by atoms with Crippen LogP contribution in [0.1, 0.15) is 40.0 Å². The first kappa shape index (κ1) is 19.6. The van der Waals surface area contributed by atoms with Gasteiger partial charge in [0.25, 0.3) is 5.88 Å². The van der Waals surface area contributed by atoms with Gasteiger partial charge in [0.1, 0.15) is 0 Å². The van der Waals surface area contributed by atoms with Gasteiger partial charge >= 0.3 is 0 Å². The number of pyridine rings is 1. The number of rotatable bonds is 10. The number of fused-ring (bicyclic) bond motifs is 1. The van der Waals surface area contributed by atoms with Gasteiger partial charge < -0.3 is 19.4 Å². The summed E-state index contributed by atoms with van der Waals surface area (Å²) in [5.41, 5.74) is 2.15. The Morgan fingerprint density at radius 3 is 2.75 bits per heavy atom. The van der Waals surface area contributed by atoms with E-state index in [0.717, 1.165) is 37.1 Å². The molecule has 0 aliphatic heterocycles. The molecule has 0 saturated heterocycles. The summed E-state index contributed by atoms with van der Waals surface area (Å²) < 4.78 is 13.1. The first-order chi connectivity index (χ1) is 13.7. The molecule has 3 heterocycles. The van der Waals surface area contributed by atoms with Gasteiger partial charge in [0.15, 0.2) is 11.2 Å². The number of imidazole rings is 1. The Labute approximate surface area is 164 Å². The van der Waals surface area contributed by atoms with Crippen molar-refractivity contribution in [2.45, 2.75) is 46.6 Å². The molecule has 0 aromatic carbocycles. The highest BCUT2D eigenvalue weighted by molar-refractivity contribution is 5.78. The second-order valence-electron chi connectivity index (χ2n) is 6.16. The van der Waals surface area contributed by atoms with Crippen molar-refractivity contribution in [2.24, 2.45) is 0 Å². The summed E-state index contributed by atoms with van der Waals surface area (Å²) in [5, 5.41) is 3.18. The third-order valence-corrected chi connectivity index (χ3v) is 3.98. The predicted molar refractivity (Wildman–Crippen MR) is 109 cm³/mol. The van der Waals surface area contributed by atoms with E-state index in [1.165, 1.54) is 0 Å².